The van der Waals surface area contributed by atoms with Crippen LogP contribution in [0, 0.1) is 6.92 Å². The quantitative estimate of drug-likeness (QED) is 0.331. The van der Waals surface area contributed by atoms with E-state index < -0.39 is 10.1 Å². The van der Waals surface area contributed by atoms with Gasteiger partial charge in [0.2, 0.25) is 0 Å². The zero-order valence-electron chi connectivity index (χ0n) is 13.4. The number of hydrogen-bond acceptors (Lipinski definition) is 5. The number of aryl methyl sites for hydroxylation is 1. The Kier molecular flexibility index (Phi) is 5.96. The smallest absolute Gasteiger partial charge is 0.303 e. The van der Waals surface area contributed by atoms with E-state index in [2.05, 4.69) is 0 Å². The first-order valence-electron chi connectivity index (χ1n) is 7.70. The van der Waals surface area contributed by atoms with Gasteiger partial charge >= 0.3 is 5.97 Å². The van der Waals surface area contributed by atoms with Crippen LogP contribution in [-0.2, 0) is 23.8 Å². The van der Waals surface area contributed by atoms with E-state index in [0.717, 1.165) is 24.8 Å². The van der Waals surface area contributed by atoms with Crippen LogP contribution in [-0.4, -0.2) is 27.1 Å². The first kappa shape index (κ1) is 17.7. The fourth-order valence-electron chi connectivity index (χ4n) is 2.51. The van der Waals surface area contributed by atoms with Crippen molar-refractivity contribution in [1.82, 2.24) is 0 Å². The lowest BCUT2D eigenvalue weighted by molar-refractivity contribution is -0.144. The van der Waals surface area contributed by atoms with Crippen LogP contribution in [0.3, 0.4) is 0 Å². The van der Waals surface area contributed by atoms with Crippen LogP contribution in [0.15, 0.2) is 40.8 Å². The Bertz CT molecular complexity index is 673. The molecule has 0 radical (unpaired) electrons. The van der Waals surface area contributed by atoms with Crippen LogP contribution in [0.2, 0.25) is 0 Å². The molecule has 0 spiro atoms. The predicted octanol–water partition coefficient (Wildman–Crippen LogP) is 3.13. The monoisotopic (exact) mass is 338 g/mol. The summed E-state index contributed by atoms with van der Waals surface area (Å²) in [5.74, 6) is -0.278. The van der Waals surface area contributed by atoms with Crippen LogP contribution in [0.25, 0.3) is 0 Å². The van der Waals surface area contributed by atoms with E-state index in [1.165, 1.54) is 12.5 Å². The number of rotatable bonds is 7. The Morgan fingerprint density at radius 1 is 1.26 bits per heavy atom. The number of benzene rings is 1. The van der Waals surface area contributed by atoms with Gasteiger partial charge < -0.3 is 4.74 Å². The highest BCUT2D eigenvalue weighted by Gasteiger charge is 2.18. The number of allylic oxidation sites excluding steroid dienone is 1. The van der Waals surface area contributed by atoms with Crippen LogP contribution in [0.4, 0.5) is 0 Å². The maximum absolute atomic E-state index is 12.0. The number of carbonyl (C=O) groups is 1. The summed E-state index contributed by atoms with van der Waals surface area (Å²) in [6.07, 6.45) is 4.86. The second-order valence-electron chi connectivity index (χ2n) is 5.70. The molecule has 23 heavy (non-hydrogen) atoms. The predicted molar refractivity (Wildman–Crippen MR) is 86.4 cm³/mol. The average molecular weight is 338 g/mol. The molecular weight excluding hydrogens is 316 g/mol. The van der Waals surface area contributed by atoms with E-state index in [0.29, 0.717) is 6.42 Å². The third-order valence-electron chi connectivity index (χ3n) is 3.68. The van der Waals surface area contributed by atoms with Gasteiger partial charge in [-0.15, -0.1) is 0 Å². The first-order chi connectivity index (χ1) is 10.9. The third-order valence-corrected chi connectivity index (χ3v) is 5.01. The highest BCUT2D eigenvalue weighted by Crippen LogP contribution is 2.25. The Morgan fingerprint density at radius 3 is 2.61 bits per heavy atom. The topological polar surface area (TPSA) is 69.7 Å². The van der Waals surface area contributed by atoms with Gasteiger partial charge in [-0.2, -0.15) is 8.42 Å². The summed E-state index contributed by atoms with van der Waals surface area (Å²) in [6, 6.07) is 6.59. The van der Waals surface area contributed by atoms with Crippen LogP contribution in [0.5, 0.6) is 0 Å². The molecule has 0 saturated carbocycles. The van der Waals surface area contributed by atoms with E-state index >= 15 is 0 Å². The molecule has 0 N–H and O–H groups in total. The summed E-state index contributed by atoms with van der Waals surface area (Å²) in [5.41, 5.74) is 2.19. The van der Waals surface area contributed by atoms with E-state index in [4.69, 9.17) is 8.92 Å². The molecule has 1 aromatic rings. The molecule has 0 fully saturated rings. The van der Waals surface area contributed by atoms with Gasteiger partial charge in [0.15, 0.2) is 0 Å². The molecule has 0 aliphatic heterocycles. The molecular formula is C17H22O5S. The summed E-state index contributed by atoms with van der Waals surface area (Å²) in [4.78, 5) is 11.1. The van der Waals surface area contributed by atoms with Crippen LogP contribution >= 0.6 is 0 Å². The SMILES string of the molecule is CC(=O)OC1C=C(CCCOS(=O)(=O)c2ccc(C)cc2)CC1. The zero-order valence-corrected chi connectivity index (χ0v) is 14.3. The Labute approximate surface area is 137 Å². The van der Waals surface area contributed by atoms with Crippen molar-refractivity contribution in [1.29, 1.82) is 0 Å². The lowest BCUT2D eigenvalue weighted by atomic mass is 10.1. The number of carbonyl (C=O) groups excluding carboxylic acids is 1. The number of ether oxygens (including phenoxy) is 1. The Morgan fingerprint density at radius 2 is 1.96 bits per heavy atom. The highest BCUT2D eigenvalue weighted by atomic mass is 32.2. The van der Waals surface area contributed by atoms with Gasteiger partial charge in [0, 0.05) is 6.92 Å². The van der Waals surface area contributed by atoms with Crippen LogP contribution < -0.4 is 0 Å². The molecule has 2 rings (SSSR count). The van der Waals surface area contributed by atoms with Crippen molar-refractivity contribution in [3.63, 3.8) is 0 Å². The highest BCUT2D eigenvalue weighted by molar-refractivity contribution is 7.86. The summed E-state index contributed by atoms with van der Waals surface area (Å²) in [5, 5.41) is 0. The summed E-state index contributed by atoms with van der Waals surface area (Å²) < 4.78 is 34.2. The van der Waals surface area contributed by atoms with Crippen molar-refractivity contribution in [3.05, 3.63) is 41.5 Å². The second-order valence-corrected chi connectivity index (χ2v) is 7.32. The largest absolute Gasteiger partial charge is 0.458 e. The molecule has 126 valence electrons. The van der Waals surface area contributed by atoms with Crippen molar-refractivity contribution in [3.8, 4) is 0 Å². The van der Waals surface area contributed by atoms with Gasteiger partial charge in [-0.3, -0.25) is 8.98 Å². The fraction of sp³-hybridized carbons (Fsp3) is 0.471. The molecule has 1 aromatic carbocycles. The van der Waals surface area contributed by atoms with E-state index in [1.807, 2.05) is 13.0 Å². The van der Waals surface area contributed by atoms with Crippen molar-refractivity contribution in [2.24, 2.45) is 0 Å². The maximum Gasteiger partial charge on any atom is 0.303 e. The minimum Gasteiger partial charge on any atom is -0.458 e. The van der Waals surface area contributed by atoms with Gasteiger partial charge in [0.1, 0.15) is 6.10 Å². The molecule has 1 atom stereocenters. The second kappa shape index (κ2) is 7.75. The maximum atomic E-state index is 12.0. The Hall–Kier alpha value is -1.66. The van der Waals surface area contributed by atoms with Gasteiger partial charge in [-0.1, -0.05) is 23.3 Å². The van der Waals surface area contributed by atoms with Gasteiger partial charge in [0.05, 0.1) is 11.5 Å². The zero-order chi connectivity index (χ0) is 16.9. The molecule has 0 aromatic heterocycles. The minimum absolute atomic E-state index is 0.139. The van der Waals surface area contributed by atoms with E-state index in [9.17, 15) is 13.2 Å². The summed E-state index contributed by atoms with van der Waals surface area (Å²) in [7, 11) is -3.69. The summed E-state index contributed by atoms with van der Waals surface area (Å²) >= 11 is 0. The number of esters is 1. The molecule has 1 unspecified atom stereocenters. The summed E-state index contributed by atoms with van der Waals surface area (Å²) in [6.45, 7) is 3.44. The number of hydrogen-bond donors (Lipinski definition) is 0. The van der Waals surface area contributed by atoms with Crippen molar-refractivity contribution < 1.29 is 22.1 Å². The average Bonchev–Trinajstić information content (AvgIpc) is 2.91. The molecule has 1 aliphatic carbocycles. The van der Waals surface area contributed by atoms with Gasteiger partial charge in [0.25, 0.3) is 10.1 Å². The van der Waals surface area contributed by atoms with Crippen molar-refractivity contribution in [2.45, 2.75) is 50.5 Å². The van der Waals surface area contributed by atoms with Gasteiger partial charge in [-0.25, -0.2) is 0 Å². The molecule has 6 heteroatoms. The molecule has 5 nitrogen and oxygen atoms in total. The van der Waals surface area contributed by atoms with Crippen molar-refractivity contribution in [2.75, 3.05) is 6.61 Å². The molecule has 0 bridgehead atoms. The molecule has 0 amide bonds. The Balaban J connectivity index is 1.77. The third kappa shape index (κ3) is 5.48. The standard InChI is InChI=1S/C17H22O5S/c1-13-5-9-17(10-6-13)23(19,20)21-11-3-4-15-7-8-16(12-15)22-14(2)18/h5-6,9-10,12,16H,3-4,7-8,11H2,1-2H3. The normalized spacial score (nSPS) is 17.8. The molecule has 0 heterocycles. The molecule has 0 saturated heterocycles. The minimum atomic E-state index is -3.69. The van der Waals surface area contributed by atoms with Crippen LogP contribution in [0.1, 0.15) is 38.2 Å². The fourth-order valence-corrected chi connectivity index (χ4v) is 3.46. The van der Waals surface area contributed by atoms with E-state index in [-0.39, 0.29) is 23.6 Å². The lowest BCUT2D eigenvalue weighted by Gasteiger charge is -2.06. The lowest BCUT2D eigenvalue weighted by Crippen LogP contribution is -2.10. The van der Waals surface area contributed by atoms with Crippen molar-refractivity contribution >= 4 is 16.1 Å². The van der Waals surface area contributed by atoms with E-state index in [1.54, 1.807) is 24.3 Å². The van der Waals surface area contributed by atoms with Gasteiger partial charge in [-0.05, 0) is 50.8 Å². The first-order valence-corrected chi connectivity index (χ1v) is 9.10. The molecule has 1 aliphatic rings.